The Morgan fingerprint density at radius 1 is 1.70 bits per heavy atom. The van der Waals surface area contributed by atoms with Gasteiger partial charge in [-0.1, -0.05) is 12.2 Å². The van der Waals surface area contributed by atoms with Crippen LogP contribution in [0, 0.1) is 0 Å². The quantitative estimate of drug-likeness (QED) is 0.540. The maximum absolute atomic E-state index is 10.5. The third-order valence-electron chi connectivity index (χ3n) is 1.03. The van der Waals surface area contributed by atoms with Crippen molar-refractivity contribution in [1.82, 2.24) is 0 Å². The molecule has 0 aromatic rings. The van der Waals surface area contributed by atoms with Crippen molar-refractivity contribution in [2.24, 2.45) is 0 Å². The Labute approximate surface area is 60.0 Å². The number of aliphatic hydroxyl groups excluding tert-OH is 2. The molecule has 0 rings (SSSR count). The van der Waals surface area contributed by atoms with Gasteiger partial charge in [-0.05, 0) is 6.92 Å². The van der Waals surface area contributed by atoms with Gasteiger partial charge in [-0.25, -0.2) is 0 Å². The molecule has 1 unspecified atom stereocenters. The van der Waals surface area contributed by atoms with E-state index in [1.165, 1.54) is 6.08 Å². The lowest BCUT2D eigenvalue weighted by atomic mass is 10.2. The van der Waals surface area contributed by atoms with Crippen molar-refractivity contribution >= 4 is 5.78 Å². The van der Waals surface area contributed by atoms with Gasteiger partial charge in [-0.3, -0.25) is 4.79 Å². The van der Waals surface area contributed by atoms with Crippen molar-refractivity contribution in [3.63, 3.8) is 0 Å². The van der Waals surface area contributed by atoms with Crippen LogP contribution in [0.5, 0.6) is 0 Å². The second kappa shape index (κ2) is 5.14. The number of hydrogen-bond donors (Lipinski definition) is 2. The van der Waals surface area contributed by atoms with Crippen molar-refractivity contribution in [3.05, 3.63) is 12.2 Å². The average molecular weight is 144 g/mol. The molecule has 10 heavy (non-hydrogen) atoms. The van der Waals surface area contributed by atoms with Crippen LogP contribution in [0.25, 0.3) is 0 Å². The van der Waals surface area contributed by atoms with Gasteiger partial charge in [0.1, 0.15) is 6.61 Å². The van der Waals surface area contributed by atoms with Crippen molar-refractivity contribution in [1.29, 1.82) is 0 Å². The number of Topliss-reactive ketones (excluding diaryl/α,β-unsaturated/α-hetero) is 1. The summed E-state index contributed by atoms with van der Waals surface area (Å²) in [7, 11) is 0. The van der Waals surface area contributed by atoms with Crippen LogP contribution in [0.1, 0.15) is 13.3 Å². The molecule has 0 spiro atoms. The van der Waals surface area contributed by atoms with Crippen LogP contribution in [-0.2, 0) is 4.79 Å². The highest BCUT2D eigenvalue weighted by molar-refractivity contribution is 5.80. The monoisotopic (exact) mass is 144 g/mol. The van der Waals surface area contributed by atoms with Gasteiger partial charge in [0, 0.05) is 6.42 Å². The first kappa shape index (κ1) is 9.33. The SMILES string of the molecule is CC=CC(O)CC(=O)CO. The van der Waals surface area contributed by atoms with E-state index in [1.807, 2.05) is 0 Å². The van der Waals surface area contributed by atoms with Gasteiger partial charge in [0.05, 0.1) is 6.10 Å². The first-order valence-electron chi connectivity index (χ1n) is 3.14. The van der Waals surface area contributed by atoms with Gasteiger partial charge in [0.15, 0.2) is 5.78 Å². The minimum absolute atomic E-state index is 0.000833. The molecule has 0 saturated carbocycles. The first-order valence-corrected chi connectivity index (χ1v) is 3.14. The molecule has 0 bridgehead atoms. The van der Waals surface area contributed by atoms with Crippen LogP contribution in [0.2, 0.25) is 0 Å². The zero-order valence-corrected chi connectivity index (χ0v) is 5.95. The summed E-state index contributed by atoms with van der Waals surface area (Å²) < 4.78 is 0. The standard InChI is InChI=1S/C7H12O3/c1-2-3-6(9)4-7(10)5-8/h2-3,6,8-9H,4-5H2,1H3. The minimum atomic E-state index is -0.746. The van der Waals surface area contributed by atoms with E-state index in [-0.39, 0.29) is 12.2 Å². The topological polar surface area (TPSA) is 57.5 Å². The zero-order chi connectivity index (χ0) is 7.98. The molecule has 2 N–H and O–H groups in total. The Balaban J connectivity index is 3.57. The summed E-state index contributed by atoms with van der Waals surface area (Å²) in [6.45, 7) is 1.27. The smallest absolute Gasteiger partial charge is 0.161 e. The van der Waals surface area contributed by atoms with Crippen LogP contribution in [0.15, 0.2) is 12.2 Å². The Morgan fingerprint density at radius 2 is 2.30 bits per heavy atom. The first-order chi connectivity index (χ1) is 4.70. The van der Waals surface area contributed by atoms with Crippen molar-refractivity contribution < 1.29 is 15.0 Å². The number of hydrogen-bond acceptors (Lipinski definition) is 3. The molecule has 0 heterocycles. The second-order valence-corrected chi connectivity index (χ2v) is 1.99. The Hall–Kier alpha value is -0.670. The molecule has 3 nitrogen and oxygen atoms in total. The number of ketones is 1. The van der Waals surface area contributed by atoms with E-state index in [9.17, 15) is 4.79 Å². The van der Waals surface area contributed by atoms with Crippen LogP contribution < -0.4 is 0 Å². The molecule has 0 amide bonds. The zero-order valence-electron chi connectivity index (χ0n) is 5.95. The maximum atomic E-state index is 10.5. The summed E-state index contributed by atoms with van der Waals surface area (Å²) in [5.74, 6) is -0.342. The Morgan fingerprint density at radius 3 is 2.70 bits per heavy atom. The molecule has 1 atom stereocenters. The van der Waals surface area contributed by atoms with Crippen molar-refractivity contribution in [3.8, 4) is 0 Å². The third-order valence-corrected chi connectivity index (χ3v) is 1.03. The Bertz CT molecular complexity index is 129. The molecule has 0 aliphatic heterocycles. The highest BCUT2D eigenvalue weighted by atomic mass is 16.3. The average Bonchev–Trinajstić information content (AvgIpc) is 1.88. The summed E-state index contributed by atoms with van der Waals surface area (Å²) in [5.41, 5.74) is 0. The van der Waals surface area contributed by atoms with Gasteiger partial charge in [0.25, 0.3) is 0 Å². The fourth-order valence-electron chi connectivity index (χ4n) is 0.588. The second-order valence-electron chi connectivity index (χ2n) is 1.99. The number of rotatable bonds is 4. The fourth-order valence-corrected chi connectivity index (χ4v) is 0.588. The lowest BCUT2D eigenvalue weighted by Gasteiger charge is -2.00. The van der Waals surface area contributed by atoms with Crippen LogP contribution >= 0.6 is 0 Å². The third kappa shape index (κ3) is 4.23. The van der Waals surface area contributed by atoms with Gasteiger partial charge in [0.2, 0.25) is 0 Å². The molecule has 0 saturated heterocycles. The number of carbonyl (C=O) groups excluding carboxylic acids is 1. The van der Waals surface area contributed by atoms with E-state index in [0.717, 1.165) is 0 Å². The molecule has 0 aliphatic carbocycles. The highest BCUT2D eigenvalue weighted by Crippen LogP contribution is 1.93. The predicted molar refractivity (Wildman–Crippen MR) is 37.5 cm³/mol. The van der Waals surface area contributed by atoms with E-state index >= 15 is 0 Å². The molecule has 0 radical (unpaired) electrons. The summed E-state index contributed by atoms with van der Waals surface area (Å²) in [6.07, 6.45) is 2.42. The summed E-state index contributed by atoms with van der Waals surface area (Å²) in [5, 5.41) is 17.2. The molecular formula is C7H12O3. The van der Waals surface area contributed by atoms with E-state index < -0.39 is 12.7 Å². The summed E-state index contributed by atoms with van der Waals surface area (Å²) in [6, 6.07) is 0. The predicted octanol–water partition coefficient (Wildman–Crippen LogP) is -0.125. The minimum Gasteiger partial charge on any atom is -0.389 e. The molecule has 3 heteroatoms. The molecule has 58 valence electrons. The van der Waals surface area contributed by atoms with Crippen LogP contribution in [-0.4, -0.2) is 28.7 Å². The molecule has 0 aliphatic rings. The van der Waals surface area contributed by atoms with Crippen LogP contribution in [0.3, 0.4) is 0 Å². The van der Waals surface area contributed by atoms with Gasteiger partial charge >= 0.3 is 0 Å². The lowest BCUT2D eigenvalue weighted by Crippen LogP contribution is -2.13. The lowest BCUT2D eigenvalue weighted by molar-refractivity contribution is -0.123. The van der Waals surface area contributed by atoms with Gasteiger partial charge in [-0.2, -0.15) is 0 Å². The maximum Gasteiger partial charge on any atom is 0.161 e. The Kier molecular flexibility index (Phi) is 4.80. The molecule has 0 aromatic carbocycles. The van der Waals surface area contributed by atoms with E-state index in [2.05, 4.69) is 0 Å². The largest absolute Gasteiger partial charge is 0.389 e. The van der Waals surface area contributed by atoms with E-state index in [1.54, 1.807) is 13.0 Å². The van der Waals surface area contributed by atoms with Crippen molar-refractivity contribution in [2.45, 2.75) is 19.4 Å². The highest BCUT2D eigenvalue weighted by Gasteiger charge is 2.04. The van der Waals surface area contributed by atoms with Gasteiger partial charge < -0.3 is 10.2 Å². The fraction of sp³-hybridized carbons (Fsp3) is 0.571. The number of carbonyl (C=O) groups is 1. The summed E-state index contributed by atoms with van der Waals surface area (Å²) >= 11 is 0. The number of aliphatic hydroxyl groups is 2. The normalized spacial score (nSPS) is 13.9. The summed E-state index contributed by atoms with van der Waals surface area (Å²) in [4.78, 5) is 10.5. The number of allylic oxidation sites excluding steroid dienone is 1. The van der Waals surface area contributed by atoms with Crippen molar-refractivity contribution in [2.75, 3.05) is 6.61 Å². The van der Waals surface area contributed by atoms with E-state index in [0.29, 0.717) is 0 Å². The van der Waals surface area contributed by atoms with Crippen LogP contribution in [0.4, 0.5) is 0 Å². The molecular weight excluding hydrogens is 132 g/mol. The van der Waals surface area contributed by atoms with E-state index in [4.69, 9.17) is 10.2 Å². The van der Waals surface area contributed by atoms with Gasteiger partial charge in [-0.15, -0.1) is 0 Å². The molecule has 0 fully saturated rings. The molecule has 0 aromatic heterocycles.